The Balaban J connectivity index is 1.96. The van der Waals surface area contributed by atoms with Crippen molar-refractivity contribution in [1.82, 2.24) is 20.4 Å². The summed E-state index contributed by atoms with van der Waals surface area (Å²) < 4.78 is 10.8. The first-order chi connectivity index (χ1) is 8.70. The molecule has 0 bridgehead atoms. The van der Waals surface area contributed by atoms with Crippen LogP contribution >= 0.6 is 0 Å². The number of likely N-dealkylation sites (N-methyl/N-ethyl adjacent to an activating group) is 2. The monoisotopic (exact) mass is 254 g/mol. The highest BCUT2D eigenvalue weighted by molar-refractivity contribution is 5.02. The van der Waals surface area contributed by atoms with Crippen molar-refractivity contribution >= 4 is 0 Å². The molecule has 1 fully saturated rings. The second-order valence-electron chi connectivity index (χ2n) is 4.91. The molecule has 2 heterocycles. The van der Waals surface area contributed by atoms with E-state index in [1.165, 1.54) is 0 Å². The molecule has 0 aliphatic carbocycles. The molecule has 1 saturated heterocycles. The molecule has 6 heteroatoms. The van der Waals surface area contributed by atoms with Gasteiger partial charge in [0.25, 0.3) is 0 Å². The molecule has 6 nitrogen and oxygen atoms in total. The summed E-state index contributed by atoms with van der Waals surface area (Å²) in [6.07, 6.45) is 0.815. The molecular formula is C12H22N4O2. The lowest BCUT2D eigenvalue weighted by Crippen LogP contribution is -2.34. The van der Waals surface area contributed by atoms with Crippen molar-refractivity contribution in [2.75, 3.05) is 40.4 Å². The van der Waals surface area contributed by atoms with E-state index in [2.05, 4.69) is 27.3 Å². The van der Waals surface area contributed by atoms with E-state index in [1.807, 2.05) is 14.1 Å². The minimum atomic E-state index is 0.186. The highest BCUT2D eigenvalue weighted by atomic mass is 16.5. The zero-order valence-electron chi connectivity index (χ0n) is 11.3. The molecule has 1 aliphatic rings. The molecule has 2 atom stereocenters. The Bertz CT molecular complexity index is 367. The molecule has 0 saturated carbocycles. The normalized spacial score (nSPS) is 24.0. The largest absolute Gasteiger partial charge is 0.379 e. The summed E-state index contributed by atoms with van der Waals surface area (Å²) in [5, 5.41) is 7.42. The first kappa shape index (κ1) is 13.5. The smallest absolute Gasteiger partial charge is 0.233 e. The fourth-order valence-corrected chi connectivity index (χ4v) is 2.10. The molecule has 0 amide bonds. The standard InChI is InChI=1S/C12H22N4O2/c1-4-13-10-8-17-7-9(10)12-14-11(15-18-12)5-6-16(2)3/h9-10,13H,4-8H2,1-3H3. The zero-order valence-corrected chi connectivity index (χ0v) is 11.3. The van der Waals surface area contributed by atoms with Gasteiger partial charge in [-0.1, -0.05) is 12.1 Å². The topological polar surface area (TPSA) is 63.4 Å². The third-order valence-corrected chi connectivity index (χ3v) is 3.13. The number of aromatic nitrogens is 2. The van der Waals surface area contributed by atoms with Gasteiger partial charge in [-0.05, 0) is 20.6 Å². The van der Waals surface area contributed by atoms with Gasteiger partial charge in [0.2, 0.25) is 5.89 Å². The molecule has 1 aromatic rings. The number of ether oxygens (including phenoxy) is 1. The summed E-state index contributed by atoms with van der Waals surface area (Å²) in [6, 6.07) is 0.289. The van der Waals surface area contributed by atoms with Crippen molar-refractivity contribution in [3.05, 3.63) is 11.7 Å². The molecular weight excluding hydrogens is 232 g/mol. The number of hydrogen-bond acceptors (Lipinski definition) is 6. The third-order valence-electron chi connectivity index (χ3n) is 3.13. The Hall–Kier alpha value is -0.980. The van der Waals surface area contributed by atoms with Gasteiger partial charge in [0, 0.05) is 19.0 Å². The Morgan fingerprint density at radius 1 is 1.39 bits per heavy atom. The van der Waals surface area contributed by atoms with Gasteiger partial charge in [-0.15, -0.1) is 0 Å². The second-order valence-corrected chi connectivity index (χ2v) is 4.91. The maximum atomic E-state index is 5.49. The average Bonchev–Trinajstić information content (AvgIpc) is 2.94. The van der Waals surface area contributed by atoms with Gasteiger partial charge in [-0.25, -0.2) is 0 Å². The van der Waals surface area contributed by atoms with Gasteiger partial charge in [0.1, 0.15) is 0 Å². The van der Waals surface area contributed by atoms with E-state index in [9.17, 15) is 0 Å². The van der Waals surface area contributed by atoms with Crippen LogP contribution in [0.1, 0.15) is 24.6 Å². The van der Waals surface area contributed by atoms with E-state index in [0.29, 0.717) is 19.1 Å². The predicted molar refractivity (Wildman–Crippen MR) is 67.6 cm³/mol. The van der Waals surface area contributed by atoms with Crippen LogP contribution in [0.4, 0.5) is 0 Å². The summed E-state index contributed by atoms with van der Waals surface area (Å²) in [4.78, 5) is 6.58. The van der Waals surface area contributed by atoms with Gasteiger partial charge in [0.05, 0.1) is 19.1 Å². The molecule has 2 unspecified atom stereocenters. The summed E-state index contributed by atoms with van der Waals surface area (Å²) in [7, 11) is 4.07. The minimum absolute atomic E-state index is 0.186. The van der Waals surface area contributed by atoms with Crippen molar-refractivity contribution < 1.29 is 9.26 Å². The van der Waals surface area contributed by atoms with Crippen molar-refractivity contribution in [2.24, 2.45) is 0 Å². The molecule has 0 aromatic carbocycles. The Morgan fingerprint density at radius 3 is 2.94 bits per heavy atom. The SMILES string of the molecule is CCNC1COCC1c1nc(CCN(C)C)no1. The fraction of sp³-hybridized carbons (Fsp3) is 0.833. The maximum Gasteiger partial charge on any atom is 0.233 e. The fourth-order valence-electron chi connectivity index (χ4n) is 2.10. The Kier molecular flexibility index (Phi) is 4.68. The van der Waals surface area contributed by atoms with Crippen LogP contribution in [0, 0.1) is 0 Å². The van der Waals surface area contributed by atoms with Crippen molar-refractivity contribution in [3.63, 3.8) is 0 Å². The summed E-state index contributed by atoms with van der Waals surface area (Å²) >= 11 is 0. The summed E-state index contributed by atoms with van der Waals surface area (Å²) in [6.45, 7) is 5.32. The predicted octanol–water partition coefficient (Wildman–Crippen LogP) is 0.266. The molecule has 2 rings (SSSR count). The quantitative estimate of drug-likeness (QED) is 0.786. The number of rotatable bonds is 6. The first-order valence-electron chi connectivity index (χ1n) is 6.49. The average molecular weight is 254 g/mol. The molecule has 0 radical (unpaired) electrons. The van der Waals surface area contributed by atoms with Crippen molar-refractivity contribution in [2.45, 2.75) is 25.3 Å². The van der Waals surface area contributed by atoms with Crippen LogP contribution in [-0.4, -0.2) is 61.5 Å². The van der Waals surface area contributed by atoms with E-state index in [0.717, 1.165) is 25.3 Å². The lowest BCUT2D eigenvalue weighted by molar-refractivity contribution is 0.185. The van der Waals surface area contributed by atoms with Crippen LogP contribution in [0.15, 0.2) is 4.52 Å². The van der Waals surface area contributed by atoms with Crippen LogP contribution in [0.25, 0.3) is 0 Å². The summed E-state index contributed by atoms with van der Waals surface area (Å²) in [5.74, 6) is 1.67. The number of nitrogens with zero attached hydrogens (tertiary/aromatic N) is 3. The number of hydrogen-bond donors (Lipinski definition) is 1. The Labute approximate surface area is 108 Å². The van der Waals surface area contributed by atoms with Crippen LogP contribution in [0.3, 0.4) is 0 Å². The van der Waals surface area contributed by atoms with Gasteiger partial charge in [-0.2, -0.15) is 4.98 Å². The van der Waals surface area contributed by atoms with E-state index < -0.39 is 0 Å². The van der Waals surface area contributed by atoms with Gasteiger partial charge >= 0.3 is 0 Å². The van der Waals surface area contributed by atoms with E-state index >= 15 is 0 Å². The molecule has 18 heavy (non-hydrogen) atoms. The van der Waals surface area contributed by atoms with E-state index in [1.54, 1.807) is 0 Å². The van der Waals surface area contributed by atoms with Crippen LogP contribution in [-0.2, 0) is 11.2 Å². The molecule has 1 aliphatic heterocycles. The molecule has 1 aromatic heterocycles. The Morgan fingerprint density at radius 2 is 2.22 bits per heavy atom. The molecule has 102 valence electrons. The van der Waals surface area contributed by atoms with Crippen molar-refractivity contribution in [3.8, 4) is 0 Å². The molecule has 1 N–H and O–H groups in total. The lowest BCUT2D eigenvalue weighted by Gasteiger charge is -2.13. The van der Waals surface area contributed by atoms with Crippen LogP contribution < -0.4 is 5.32 Å². The maximum absolute atomic E-state index is 5.49. The third kappa shape index (κ3) is 3.28. The van der Waals surface area contributed by atoms with Gasteiger partial charge in [0.15, 0.2) is 5.82 Å². The lowest BCUT2D eigenvalue weighted by atomic mass is 10.0. The highest BCUT2D eigenvalue weighted by Crippen LogP contribution is 2.24. The first-order valence-corrected chi connectivity index (χ1v) is 6.49. The minimum Gasteiger partial charge on any atom is -0.379 e. The van der Waals surface area contributed by atoms with Gasteiger partial charge < -0.3 is 19.5 Å². The summed E-state index contributed by atoms with van der Waals surface area (Å²) in [5.41, 5.74) is 0. The second kappa shape index (κ2) is 6.26. The van der Waals surface area contributed by atoms with E-state index in [4.69, 9.17) is 9.26 Å². The molecule has 0 spiro atoms. The van der Waals surface area contributed by atoms with Crippen LogP contribution in [0.5, 0.6) is 0 Å². The van der Waals surface area contributed by atoms with Crippen LogP contribution in [0.2, 0.25) is 0 Å². The van der Waals surface area contributed by atoms with Crippen molar-refractivity contribution in [1.29, 1.82) is 0 Å². The van der Waals surface area contributed by atoms with E-state index in [-0.39, 0.29) is 12.0 Å². The zero-order chi connectivity index (χ0) is 13.0. The van der Waals surface area contributed by atoms with Gasteiger partial charge in [-0.3, -0.25) is 0 Å². The highest BCUT2D eigenvalue weighted by Gasteiger charge is 2.33. The number of nitrogens with one attached hydrogen (secondary N) is 1.